The molecule has 1 heterocycles. The van der Waals surface area contributed by atoms with Crippen molar-refractivity contribution in [3.05, 3.63) is 64.7 Å². The number of terminal acetylenes is 1. The van der Waals surface area contributed by atoms with Gasteiger partial charge in [-0.3, -0.25) is 9.59 Å². The van der Waals surface area contributed by atoms with Crippen molar-refractivity contribution in [3.63, 3.8) is 0 Å². The van der Waals surface area contributed by atoms with Gasteiger partial charge in [-0.15, -0.1) is 6.42 Å². The number of benzene rings is 2. The number of unbranched alkanes of at least 4 members (excludes halogenated alkanes) is 1. The van der Waals surface area contributed by atoms with Crippen molar-refractivity contribution in [1.29, 1.82) is 0 Å². The van der Waals surface area contributed by atoms with Gasteiger partial charge in [0.25, 0.3) is 5.91 Å². The molecule has 5 heteroatoms. The van der Waals surface area contributed by atoms with Crippen LogP contribution in [0.2, 0.25) is 0 Å². The summed E-state index contributed by atoms with van der Waals surface area (Å²) in [5.41, 5.74) is 10.7. The average Bonchev–Trinajstić information content (AvgIpc) is 2.89. The molecule has 4 fully saturated rings. The lowest BCUT2D eigenvalue weighted by Gasteiger charge is -2.57. The van der Waals surface area contributed by atoms with E-state index < -0.39 is 5.91 Å². The lowest BCUT2D eigenvalue weighted by atomic mass is 9.53. The van der Waals surface area contributed by atoms with Gasteiger partial charge in [-0.2, -0.15) is 0 Å². The number of amides is 2. The highest BCUT2D eigenvalue weighted by Gasteiger charge is 2.51. The number of rotatable bonds is 7. The first-order chi connectivity index (χ1) is 18.4. The van der Waals surface area contributed by atoms with Crippen molar-refractivity contribution in [2.45, 2.75) is 88.8 Å². The Kier molecular flexibility index (Phi) is 6.46. The fraction of sp³-hybridized carbons (Fsp3) is 0.515. The highest BCUT2D eigenvalue weighted by molar-refractivity contribution is 5.95. The summed E-state index contributed by atoms with van der Waals surface area (Å²) >= 11 is 0. The molecule has 2 aromatic carbocycles. The Morgan fingerprint density at radius 3 is 2.29 bits per heavy atom. The molecule has 4 saturated carbocycles. The van der Waals surface area contributed by atoms with Gasteiger partial charge < -0.3 is 16.0 Å². The fourth-order valence-electron chi connectivity index (χ4n) is 8.61. The number of hydrogen-bond acceptors (Lipinski definition) is 3. The Bertz CT molecular complexity index is 1240. The molecular formula is C33H39N3O2. The molecule has 38 heavy (non-hydrogen) atoms. The number of hydrogen-bond donors (Lipinski definition) is 2. The predicted octanol–water partition coefficient (Wildman–Crippen LogP) is 5.83. The van der Waals surface area contributed by atoms with E-state index in [2.05, 4.69) is 42.4 Å². The molecule has 0 radical (unpaired) electrons. The smallest absolute Gasteiger partial charge is 0.299 e. The zero-order chi connectivity index (χ0) is 26.4. The number of nitrogens with one attached hydrogen (secondary N) is 1. The molecule has 0 spiro atoms. The quantitative estimate of drug-likeness (QED) is 0.461. The zero-order valence-corrected chi connectivity index (χ0v) is 22.4. The van der Waals surface area contributed by atoms with Gasteiger partial charge in [0.2, 0.25) is 5.91 Å². The van der Waals surface area contributed by atoms with Gasteiger partial charge in [0.1, 0.15) is 0 Å². The highest BCUT2D eigenvalue weighted by atomic mass is 16.2. The maximum atomic E-state index is 13.2. The minimum absolute atomic E-state index is 0.0241. The third-order valence-electron chi connectivity index (χ3n) is 9.77. The molecular weight excluding hydrogens is 470 g/mol. The summed E-state index contributed by atoms with van der Waals surface area (Å²) < 4.78 is 0. The van der Waals surface area contributed by atoms with E-state index in [1.165, 1.54) is 38.5 Å². The van der Waals surface area contributed by atoms with Gasteiger partial charge in [0.05, 0.1) is 6.04 Å². The van der Waals surface area contributed by atoms with E-state index in [0.717, 1.165) is 59.4 Å². The summed E-state index contributed by atoms with van der Waals surface area (Å²) in [6.07, 6.45) is 17.4. The number of nitrogens with zero attached hydrogens (tertiary/aromatic N) is 1. The number of anilines is 1. The molecule has 4 aliphatic carbocycles. The summed E-state index contributed by atoms with van der Waals surface area (Å²) in [6, 6.07) is 14.0. The van der Waals surface area contributed by atoms with Crippen LogP contribution in [0, 0.1) is 30.1 Å². The molecule has 2 atom stereocenters. The lowest BCUT2D eigenvalue weighted by Crippen LogP contribution is -2.54. The molecule has 1 aliphatic heterocycles. The summed E-state index contributed by atoms with van der Waals surface area (Å²) in [4.78, 5) is 27.0. The Hall–Kier alpha value is -3.26. The topological polar surface area (TPSA) is 75.4 Å². The van der Waals surface area contributed by atoms with Crippen molar-refractivity contribution in [2.75, 3.05) is 5.32 Å². The van der Waals surface area contributed by atoms with Gasteiger partial charge in [0, 0.05) is 22.8 Å². The Balaban J connectivity index is 1.33. The van der Waals surface area contributed by atoms with Crippen LogP contribution in [0.3, 0.4) is 0 Å². The van der Waals surface area contributed by atoms with E-state index in [1.807, 2.05) is 17.0 Å². The summed E-state index contributed by atoms with van der Waals surface area (Å²) in [7, 11) is 0. The van der Waals surface area contributed by atoms with Crippen LogP contribution in [0.1, 0.15) is 97.8 Å². The van der Waals surface area contributed by atoms with Crippen LogP contribution in [0.4, 0.5) is 5.69 Å². The van der Waals surface area contributed by atoms with Crippen LogP contribution in [0.15, 0.2) is 42.5 Å². The maximum absolute atomic E-state index is 13.2. The first kappa shape index (κ1) is 25.0. The molecule has 2 aromatic rings. The van der Waals surface area contributed by atoms with Crippen LogP contribution >= 0.6 is 0 Å². The standard InChI is InChI=1S/C33H39N3O2/c1-3-5-6-28-17-26-16-25(32(34)38)9-12-29(26)31(36(28)30(37)4-2)24-7-10-27(11-8-24)35-33-18-21-13-22(19-33)15-23(14-21)20-33/h2,7-12,16,21-23,28,31,35H,3,5-6,13-15,17-20H2,1H3,(H2,34,38)/t21?,22?,23?,28-,31-,33?/m0/s1. The van der Waals surface area contributed by atoms with Crippen LogP contribution in [0.25, 0.3) is 0 Å². The van der Waals surface area contributed by atoms with Crippen LogP contribution < -0.4 is 11.1 Å². The largest absolute Gasteiger partial charge is 0.380 e. The minimum Gasteiger partial charge on any atom is -0.380 e. The molecule has 0 unspecified atom stereocenters. The van der Waals surface area contributed by atoms with Crippen LogP contribution in [-0.2, 0) is 11.2 Å². The van der Waals surface area contributed by atoms with Crippen molar-refractivity contribution < 1.29 is 9.59 Å². The van der Waals surface area contributed by atoms with Gasteiger partial charge in [0.15, 0.2) is 0 Å². The summed E-state index contributed by atoms with van der Waals surface area (Å²) in [5, 5.41) is 3.97. The molecule has 5 aliphatic rings. The Morgan fingerprint density at radius 1 is 1.05 bits per heavy atom. The monoisotopic (exact) mass is 509 g/mol. The Labute approximate surface area is 226 Å². The number of nitrogens with two attached hydrogens (primary N) is 1. The SMILES string of the molecule is C#CC(=O)N1[C@@H](CCCC)Cc2cc(C(N)=O)ccc2[C@@H]1c1ccc(NC23CC4CC(CC(C4)C2)C3)cc1. The summed E-state index contributed by atoms with van der Waals surface area (Å²) in [5.74, 6) is 4.35. The van der Waals surface area contributed by atoms with E-state index in [-0.39, 0.29) is 23.5 Å². The second kappa shape index (κ2) is 9.80. The van der Waals surface area contributed by atoms with Crippen molar-refractivity contribution >= 4 is 17.5 Å². The first-order valence-electron chi connectivity index (χ1n) is 14.5. The summed E-state index contributed by atoms with van der Waals surface area (Å²) in [6.45, 7) is 2.16. The molecule has 4 bridgehead atoms. The van der Waals surface area contributed by atoms with E-state index in [0.29, 0.717) is 12.0 Å². The minimum atomic E-state index is -0.434. The second-order valence-corrected chi connectivity index (χ2v) is 12.5. The van der Waals surface area contributed by atoms with Crippen LogP contribution in [0.5, 0.6) is 0 Å². The van der Waals surface area contributed by atoms with E-state index in [1.54, 1.807) is 6.07 Å². The number of carbonyl (C=O) groups is 2. The first-order valence-corrected chi connectivity index (χ1v) is 14.5. The molecule has 198 valence electrons. The van der Waals surface area contributed by atoms with Crippen molar-refractivity contribution in [2.24, 2.45) is 23.5 Å². The second-order valence-electron chi connectivity index (χ2n) is 12.5. The van der Waals surface area contributed by atoms with Crippen molar-refractivity contribution in [1.82, 2.24) is 4.90 Å². The molecule has 0 aromatic heterocycles. The Morgan fingerprint density at radius 2 is 1.71 bits per heavy atom. The molecule has 5 nitrogen and oxygen atoms in total. The fourth-order valence-corrected chi connectivity index (χ4v) is 8.61. The van der Waals surface area contributed by atoms with Crippen molar-refractivity contribution in [3.8, 4) is 12.3 Å². The molecule has 0 saturated heterocycles. The van der Waals surface area contributed by atoms with Gasteiger partial charge in [-0.25, -0.2) is 0 Å². The van der Waals surface area contributed by atoms with Crippen LogP contribution in [-0.4, -0.2) is 28.3 Å². The van der Waals surface area contributed by atoms with E-state index >= 15 is 0 Å². The molecule has 3 N–H and O–H groups in total. The van der Waals surface area contributed by atoms with Gasteiger partial charge >= 0.3 is 0 Å². The maximum Gasteiger partial charge on any atom is 0.299 e. The number of carbonyl (C=O) groups excluding carboxylic acids is 2. The van der Waals surface area contributed by atoms with E-state index in [4.69, 9.17) is 12.2 Å². The predicted molar refractivity (Wildman–Crippen MR) is 150 cm³/mol. The third kappa shape index (κ3) is 4.49. The highest BCUT2D eigenvalue weighted by Crippen LogP contribution is 2.56. The van der Waals surface area contributed by atoms with E-state index in [9.17, 15) is 9.59 Å². The number of fused-ring (bicyclic) bond motifs is 1. The molecule has 7 rings (SSSR count). The van der Waals surface area contributed by atoms with Gasteiger partial charge in [-0.1, -0.05) is 38.0 Å². The third-order valence-corrected chi connectivity index (χ3v) is 9.77. The van der Waals surface area contributed by atoms with Gasteiger partial charge in [-0.05, 0) is 116 Å². The average molecular weight is 510 g/mol. The molecule has 2 amide bonds. The lowest BCUT2D eigenvalue weighted by molar-refractivity contribution is -0.130. The zero-order valence-electron chi connectivity index (χ0n) is 22.4. The number of primary amides is 1. The normalized spacial score (nSPS) is 30.9.